The number of benzene rings is 1. The van der Waals surface area contributed by atoms with E-state index >= 15 is 0 Å². The van der Waals surface area contributed by atoms with Gasteiger partial charge in [0, 0.05) is 17.2 Å². The van der Waals surface area contributed by atoms with Crippen molar-refractivity contribution in [2.75, 3.05) is 19.4 Å². The van der Waals surface area contributed by atoms with Crippen LogP contribution >= 0.6 is 11.8 Å². The van der Waals surface area contributed by atoms with E-state index < -0.39 is 6.04 Å². The van der Waals surface area contributed by atoms with Crippen LogP contribution in [0.4, 0.5) is 0 Å². The molecule has 0 aromatic heterocycles. The number of thioether (sulfide) groups is 1. The van der Waals surface area contributed by atoms with Crippen LogP contribution in [0, 0.1) is 11.8 Å². The summed E-state index contributed by atoms with van der Waals surface area (Å²) in [6, 6.07) is 7.56. The molecule has 1 amide bonds. The third-order valence-corrected chi connectivity index (χ3v) is 4.66. The topological polar surface area (TPSA) is 64.3 Å². The number of ether oxygens (including phenoxy) is 1. The van der Waals surface area contributed by atoms with Crippen LogP contribution in [0.15, 0.2) is 29.2 Å². The number of nitrogens with one attached hydrogen (secondary N) is 1. The van der Waals surface area contributed by atoms with Crippen LogP contribution in [-0.4, -0.2) is 31.4 Å². The molecule has 0 radical (unpaired) electrons. The van der Waals surface area contributed by atoms with Crippen LogP contribution in [0.5, 0.6) is 5.75 Å². The molecule has 0 aliphatic carbocycles. The SMILES string of the molecule is COc1ccccc1SCC(C)CNC(=O)[C@@H](N)CC(C)C. The second-order valence-electron chi connectivity index (χ2n) is 6.05. The van der Waals surface area contributed by atoms with Crippen molar-refractivity contribution in [1.82, 2.24) is 5.32 Å². The fraction of sp³-hybridized carbons (Fsp3) is 0.588. The maximum absolute atomic E-state index is 11.9. The molecule has 2 atom stereocenters. The maximum atomic E-state index is 11.9. The quantitative estimate of drug-likeness (QED) is 0.686. The standard InChI is InChI=1S/C17H28N2O2S/c1-12(2)9-14(18)17(20)19-10-13(3)11-22-16-8-6-5-7-15(16)21-4/h5-8,12-14H,9-11,18H2,1-4H3,(H,19,20)/t13?,14-/m0/s1. The molecule has 124 valence electrons. The first-order chi connectivity index (χ1) is 10.4. The Morgan fingerprint density at radius 2 is 2.00 bits per heavy atom. The zero-order chi connectivity index (χ0) is 16.5. The van der Waals surface area contributed by atoms with Gasteiger partial charge in [-0.1, -0.05) is 32.9 Å². The lowest BCUT2D eigenvalue weighted by Gasteiger charge is -2.17. The normalized spacial score (nSPS) is 13.7. The highest BCUT2D eigenvalue weighted by Crippen LogP contribution is 2.29. The van der Waals surface area contributed by atoms with Crippen molar-refractivity contribution in [2.45, 2.75) is 38.1 Å². The minimum atomic E-state index is -0.408. The fourth-order valence-electron chi connectivity index (χ4n) is 2.05. The zero-order valence-corrected chi connectivity index (χ0v) is 14.8. The largest absolute Gasteiger partial charge is 0.496 e. The van der Waals surface area contributed by atoms with E-state index in [1.54, 1.807) is 18.9 Å². The van der Waals surface area contributed by atoms with E-state index in [1.807, 2.05) is 24.3 Å². The van der Waals surface area contributed by atoms with Gasteiger partial charge in [0.15, 0.2) is 0 Å². The summed E-state index contributed by atoms with van der Waals surface area (Å²) in [7, 11) is 1.68. The Morgan fingerprint density at radius 1 is 1.32 bits per heavy atom. The number of rotatable bonds is 9. The van der Waals surface area contributed by atoms with Gasteiger partial charge in [0.05, 0.1) is 13.2 Å². The van der Waals surface area contributed by atoms with E-state index in [9.17, 15) is 4.79 Å². The van der Waals surface area contributed by atoms with Gasteiger partial charge in [-0.05, 0) is 30.4 Å². The Morgan fingerprint density at radius 3 is 2.64 bits per heavy atom. The van der Waals surface area contributed by atoms with Gasteiger partial charge in [0.1, 0.15) is 5.75 Å². The number of methoxy groups -OCH3 is 1. The number of carbonyl (C=O) groups excluding carboxylic acids is 1. The van der Waals surface area contributed by atoms with Crippen LogP contribution < -0.4 is 15.8 Å². The van der Waals surface area contributed by atoms with Gasteiger partial charge in [-0.3, -0.25) is 4.79 Å². The summed E-state index contributed by atoms with van der Waals surface area (Å²) in [5.74, 6) is 2.55. The average molecular weight is 324 g/mol. The molecule has 1 unspecified atom stereocenters. The molecule has 0 fully saturated rings. The summed E-state index contributed by atoms with van der Waals surface area (Å²) in [5, 5.41) is 2.94. The van der Waals surface area contributed by atoms with Gasteiger partial charge in [0.2, 0.25) is 5.91 Å². The van der Waals surface area contributed by atoms with E-state index in [-0.39, 0.29) is 5.91 Å². The maximum Gasteiger partial charge on any atom is 0.236 e. The van der Waals surface area contributed by atoms with E-state index in [1.165, 1.54) is 0 Å². The zero-order valence-electron chi connectivity index (χ0n) is 14.0. The van der Waals surface area contributed by atoms with E-state index in [0.29, 0.717) is 18.4 Å². The van der Waals surface area contributed by atoms with Crippen LogP contribution in [0.25, 0.3) is 0 Å². The minimum absolute atomic E-state index is 0.0529. The molecular weight excluding hydrogens is 296 g/mol. The fourth-order valence-corrected chi connectivity index (χ4v) is 3.10. The molecule has 0 heterocycles. The van der Waals surface area contributed by atoms with Crippen LogP contribution in [0.1, 0.15) is 27.2 Å². The smallest absolute Gasteiger partial charge is 0.236 e. The number of carbonyl (C=O) groups is 1. The third-order valence-electron chi connectivity index (χ3n) is 3.28. The number of para-hydroxylation sites is 1. The highest BCUT2D eigenvalue weighted by molar-refractivity contribution is 7.99. The highest BCUT2D eigenvalue weighted by Gasteiger charge is 2.15. The molecular formula is C17H28N2O2S. The highest BCUT2D eigenvalue weighted by atomic mass is 32.2. The molecule has 0 aliphatic heterocycles. The van der Waals surface area contributed by atoms with Crippen molar-refractivity contribution in [3.8, 4) is 5.75 Å². The first-order valence-electron chi connectivity index (χ1n) is 7.73. The van der Waals surface area contributed by atoms with E-state index in [4.69, 9.17) is 10.5 Å². The van der Waals surface area contributed by atoms with Gasteiger partial charge < -0.3 is 15.8 Å². The Labute approximate surface area is 138 Å². The van der Waals surface area contributed by atoms with Crippen molar-refractivity contribution in [1.29, 1.82) is 0 Å². The molecule has 0 bridgehead atoms. The lowest BCUT2D eigenvalue weighted by atomic mass is 10.0. The predicted octanol–water partition coefficient (Wildman–Crippen LogP) is 2.91. The van der Waals surface area contributed by atoms with Crippen LogP contribution in [0.2, 0.25) is 0 Å². The molecule has 22 heavy (non-hydrogen) atoms. The Bertz CT molecular complexity index is 466. The summed E-state index contributed by atoms with van der Waals surface area (Å²) in [6.07, 6.45) is 0.718. The number of hydrogen-bond donors (Lipinski definition) is 2. The number of hydrogen-bond acceptors (Lipinski definition) is 4. The second-order valence-corrected chi connectivity index (χ2v) is 7.11. The summed E-state index contributed by atoms with van der Waals surface area (Å²) in [6.45, 7) is 6.91. The van der Waals surface area contributed by atoms with Crippen molar-refractivity contribution < 1.29 is 9.53 Å². The lowest BCUT2D eigenvalue weighted by molar-refractivity contribution is -0.122. The van der Waals surface area contributed by atoms with Gasteiger partial charge in [-0.15, -0.1) is 11.8 Å². The molecule has 1 rings (SSSR count). The summed E-state index contributed by atoms with van der Waals surface area (Å²) in [4.78, 5) is 13.0. The molecule has 3 N–H and O–H groups in total. The summed E-state index contributed by atoms with van der Waals surface area (Å²) < 4.78 is 5.34. The molecule has 0 saturated heterocycles. The number of nitrogens with two attached hydrogens (primary N) is 1. The Kier molecular flexibility index (Phi) is 8.35. The van der Waals surface area contributed by atoms with Gasteiger partial charge in [0.25, 0.3) is 0 Å². The molecule has 1 aromatic carbocycles. The van der Waals surface area contributed by atoms with Crippen molar-refractivity contribution in [3.05, 3.63) is 24.3 Å². The predicted molar refractivity (Wildman–Crippen MR) is 93.3 cm³/mol. The van der Waals surface area contributed by atoms with Gasteiger partial charge >= 0.3 is 0 Å². The molecule has 4 nitrogen and oxygen atoms in total. The molecule has 5 heteroatoms. The van der Waals surface area contributed by atoms with Crippen molar-refractivity contribution in [2.24, 2.45) is 17.6 Å². The Hall–Kier alpha value is -1.20. The number of amides is 1. The van der Waals surface area contributed by atoms with Crippen molar-refractivity contribution >= 4 is 17.7 Å². The van der Waals surface area contributed by atoms with Crippen LogP contribution in [-0.2, 0) is 4.79 Å². The first-order valence-corrected chi connectivity index (χ1v) is 8.71. The van der Waals surface area contributed by atoms with Crippen molar-refractivity contribution in [3.63, 3.8) is 0 Å². The minimum Gasteiger partial charge on any atom is -0.496 e. The van der Waals surface area contributed by atoms with Crippen LogP contribution in [0.3, 0.4) is 0 Å². The summed E-state index contributed by atoms with van der Waals surface area (Å²) in [5.41, 5.74) is 5.87. The molecule has 0 aliphatic rings. The first kappa shape index (κ1) is 18.8. The van der Waals surface area contributed by atoms with E-state index in [2.05, 4.69) is 26.1 Å². The van der Waals surface area contributed by atoms with Gasteiger partial charge in [-0.2, -0.15) is 0 Å². The lowest BCUT2D eigenvalue weighted by Crippen LogP contribution is -2.43. The molecule has 0 saturated carbocycles. The second kappa shape index (κ2) is 9.74. The third kappa shape index (κ3) is 6.71. The van der Waals surface area contributed by atoms with Gasteiger partial charge in [-0.25, -0.2) is 0 Å². The Balaban J connectivity index is 2.34. The molecule has 1 aromatic rings. The monoisotopic (exact) mass is 324 g/mol. The summed E-state index contributed by atoms with van der Waals surface area (Å²) >= 11 is 1.74. The average Bonchev–Trinajstić information content (AvgIpc) is 2.50. The van der Waals surface area contributed by atoms with E-state index in [0.717, 1.165) is 22.8 Å². The molecule has 0 spiro atoms.